The number of aromatic nitrogens is 2. The molecule has 0 radical (unpaired) electrons. The van der Waals surface area contributed by atoms with E-state index in [1.165, 1.54) is 11.1 Å². The Bertz CT molecular complexity index is 921. The summed E-state index contributed by atoms with van der Waals surface area (Å²) in [4.78, 5) is 13.8. The maximum Gasteiger partial charge on any atom is 0.159 e. The van der Waals surface area contributed by atoms with Crippen LogP contribution in [0.1, 0.15) is 34.1 Å². The minimum absolute atomic E-state index is 0.0912. The second-order valence-corrected chi connectivity index (χ2v) is 6.61. The van der Waals surface area contributed by atoms with Crippen LogP contribution in [-0.2, 0) is 19.6 Å². The quantitative estimate of drug-likeness (QED) is 0.661. The molecule has 2 aromatic carbocycles. The maximum atomic E-state index is 11.6. The van der Waals surface area contributed by atoms with Crippen LogP contribution in [0.5, 0.6) is 5.75 Å². The van der Waals surface area contributed by atoms with Crippen molar-refractivity contribution >= 4 is 11.5 Å². The second-order valence-electron chi connectivity index (χ2n) is 6.61. The van der Waals surface area contributed by atoms with Crippen LogP contribution in [0.2, 0.25) is 0 Å². The van der Waals surface area contributed by atoms with Crippen LogP contribution in [0, 0.1) is 0 Å². The predicted octanol–water partition coefficient (Wildman–Crippen LogP) is 3.66. The van der Waals surface area contributed by atoms with Crippen molar-refractivity contribution < 1.29 is 9.53 Å². The molecule has 0 saturated carbocycles. The highest BCUT2D eigenvalue weighted by Crippen LogP contribution is 2.28. The molecule has 0 aliphatic carbocycles. The molecule has 5 heteroatoms. The number of anilines is 1. The van der Waals surface area contributed by atoms with Crippen molar-refractivity contribution in [2.75, 3.05) is 12.0 Å². The van der Waals surface area contributed by atoms with E-state index < -0.39 is 0 Å². The van der Waals surface area contributed by atoms with Gasteiger partial charge in [-0.05, 0) is 36.8 Å². The molecule has 3 aromatic rings. The van der Waals surface area contributed by atoms with Crippen LogP contribution in [0.25, 0.3) is 0 Å². The largest absolute Gasteiger partial charge is 0.497 e. The normalized spacial score (nSPS) is 12.9. The van der Waals surface area contributed by atoms with Crippen LogP contribution in [0.15, 0.2) is 54.7 Å². The Morgan fingerprint density at radius 3 is 2.65 bits per heavy atom. The van der Waals surface area contributed by atoms with E-state index in [4.69, 9.17) is 9.84 Å². The van der Waals surface area contributed by atoms with Crippen molar-refractivity contribution in [1.29, 1.82) is 0 Å². The van der Waals surface area contributed by atoms with Gasteiger partial charge in [0.25, 0.3) is 0 Å². The number of rotatable bonds is 5. The average Bonchev–Trinajstić information content (AvgIpc) is 3.21. The fraction of sp³-hybridized carbons (Fsp3) is 0.238. The fourth-order valence-electron chi connectivity index (χ4n) is 3.31. The first-order chi connectivity index (χ1) is 12.6. The number of benzene rings is 2. The minimum Gasteiger partial charge on any atom is -0.497 e. The molecule has 1 aromatic heterocycles. The number of hydrogen-bond acceptors (Lipinski definition) is 4. The van der Waals surface area contributed by atoms with Crippen LogP contribution in [0.3, 0.4) is 0 Å². The van der Waals surface area contributed by atoms with E-state index in [1.54, 1.807) is 14.0 Å². The molecule has 1 aliphatic rings. The third kappa shape index (κ3) is 3.20. The van der Waals surface area contributed by atoms with Gasteiger partial charge in [0.2, 0.25) is 0 Å². The first kappa shape index (κ1) is 16.4. The summed E-state index contributed by atoms with van der Waals surface area (Å²) < 4.78 is 7.19. The van der Waals surface area contributed by atoms with Gasteiger partial charge in [0, 0.05) is 29.6 Å². The van der Waals surface area contributed by atoms with Crippen LogP contribution in [-0.4, -0.2) is 22.7 Å². The molecule has 0 atom stereocenters. The summed E-state index contributed by atoms with van der Waals surface area (Å²) in [6.45, 7) is 3.93. The lowest BCUT2D eigenvalue weighted by Crippen LogP contribution is -2.16. The second kappa shape index (κ2) is 6.67. The van der Waals surface area contributed by atoms with Crippen LogP contribution < -0.4 is 9.64 Å². The summed E-state index contributed by atoms with van der Waals surface area (Å²) in [6.07, 6.45) is 2.12. The van der Waals surface area contributed by atoms with E-state index in [-0.39, 0.29) is 5.78 Å². The Morgan fingerprint density at radius 2 is 1.96 bits per heavy atom. The molecule has 5 nitrogen and oxygen atoms in total. The predicted molar refractivity (Wildman–Crippen MR) is 101 cm³/mol. The molecule has 0 fully saturated rings. The Labute approximate surface area is 152 Å². The Morgan fingerprint density at radius 1 is 1.15 bits per heavy atom. The molecule has 0 amide bonds. The summed E-state index contributed by atoms with van der Waals surface area (Å²) in [6, 6.07) is 15.9. The van der Waals surface area contributed by atoms with Crippen molar-refractivity contribution in [1.82, 2.24) is 9.78 Å². The summed E-state index contributed by atoms with van der Waals surface area (Å²) in [5, 5.41) is 4.74. The molecule has 4 rings (SSSR count). The maximum absolute atomic E-state index is 11.6. The van der Waals surface area contributed by atoms with E-state index >= 15 is 0 Å². The van der Waals surface area contributed by atoms with Crippen molar-refractivity contribution in [3.63, 3.8) is 0 Å². The summed E-state index contributed by atoms with van der Waals surface area (Å²) in [5.41, 5.74) is 5.35. The first-order valence-electron chi connectivity index (χ1n) is 8.66. The van der Waals surface area contributed by atoms with Gasteiger partial charge in [-0.1, -0.05) is 24.3 Å². The zero-order valence-corrected chi connectivity index (χ0v) is 15.0. The summed E-state index contributed by atoms with van der Waals surface area (Å²) in [7, 11) is 1.67. The van der Waals surface area contributed by atoms with E-state index in [1.807, 2.05) is 41.1 Å². The fourth-order valence-corrected chi connectivity index (χ4v) is 3.31. The minimum atomic E-state index is 0.0912. The van der Waals surface area contributed by atoms with E-state index in [2.05, 4.69) is 23.2 Å². The number of methoxy groups -OCH3 is 1. The number of carbonyl (C=O) groups is 1. The molecule has 2 heterocycles. The lowest BCUT2D eigenvalue weighted by atomic mass is 10.1. The van der Waals surface area contributed by atoms with E-state index in [0.717, 1.165) is 42.3 Å². The average molecular weight is 347 g/mol. The SMILES string of the molecule is COc1ccc(Cn2cc3c(n2)CN(c2cccc(C(C)=O)c2)C3)cc1. The van der Waals surface area contributed by atoms with Gasteiger partial charge < -0.3 is 9.64 Å². The molecule has 0 bridgehead atoms. The third-order valence-electron chi connectivity index (χ3n) is 4.75. The zero-order valence-electron chi connectivity index (χ0n) is 15.0. The zero-order chi connectivity index (χ0) is 18.1. The molecule has 132 valence electrons. The molecule has 26 heavy (non-hydrogen) atoms. The number of carbonyl (C=O) groups excluding carboxylic acids is 1. The molecule has 0 spiro atoms. The molecular formula is C21H21N3O2. The van der Waals surface area contributed by atoms with Gasteiger partial charge in [-0.2, -0.15) is 5.10 Å². The number of Topliss-reactive ketones (excluding diaryl/α,β-unsaturated/α-hetero) is 1. The summed E-state index contributed by atoms with van der Waals surface area (Å²) in [5.74, 6) is 0.952. The van der Waals surface area contributed by atoms with Gasteiger partial charge >= 0.3 is 0 Å². The monoisotopic (exact) mass is 347 g/mol. The van der Waals surface area contributed by atoms with Crippen molar-refractivity contribution in [3.05, 3.63) is 77.1 Å². The van der Waals surface area contributed by atoms with Crippen molar-refractivity contribution in [3.8, 4) is 5.75 Å². The molecule has 0 saturated heterocycles. The Hall–Kier alpha value is -3.08. The van der Waals surface area contributed by atoms with Gasteiger partial charge in [-0.3, -0.25) is 9.48 Å². The van der Waals surface area contributed by atoms with Crippen LogP contribution in [0.4, 0.5) is 5.69 Å². The Balaban J connectivity index is 1.47. The molecule has 1 aliphatic heterocycles. The molecule has 0 unspecified atom stereocenters. The first-order valence-corrected chi connectivity index (χ1v) is 8.66. The van der Waals surface area contributed by atoms with Gasteiger partial charge in [-0.15, -0.1) is 0 Å². The van der Waals surface area contributed by atoms with E-state index in [9.17, 15) is 4.79 Å². The number of ether oxygens (including phenoxy) is 1. The van der Waals surface area contributed by atoms with Gasteiger partial charge in [0.05, 0.1) is 25.9 Å². The smallest absolute Gasteiger partial charge is 0.159 e. The van der Waals surface area contributed by atoms with Gasteiger partial charge in [0.1, 0.15) is 5.75 Å². The van der Waals surface area contributed by atoms with Gasteiger partial charge in [-0.25, -0.2) is 0 Å². The third-order valence-corrected chi connectivity index (χ3v) is 4.75. The number of fused-ring (bicyclic) bond motifs is 1. The Kier molecular flexibility index (Phi) is 4.21. The highest BCUT2D eigenvalue weighted by molar-refractivity contribution is 5.95. The lowest BCUT2D eigenvalue weighted by molar-refractivity contribution is 0.101. The summed E-state index contributed by atoms with van der Waals surface area (Å²) >= 11 is 0. The standard InChI is InChI=1S/C21H21N3O2/c1-15(25)17-4-3-5-19(10-17)23-12-18-13-24(22-21(18)14-23)11-16-6-8-20(26-2)9-7-16/h3-10,13H,11-12,14H2,1-2H3. The number of nitrogens with zero attached hydrogens (tertiary/aromatic N) is 3. The highest BCUT2D eigenvalue weighted by atomic mass is 16.5. The lowest BCUT2D eigenvalue weighted by Gasteiger charge is -2.18. The van der Waals surface area contributed by atoms with Crippen molar-refractivity contribution in [2.45, 2.75) is 26.6 Å². The van der Waals surface area contributed by atoms with E-state index in [0.29, 0.717) is 0 Å². The van der Waals surface area contributed by atoms with Gasteiger partial charge in [0.15, 0.2) is 5.78 Å². The highest BCUT2D eigenvalue weighted by Gasteiger charge is 2.23. The number of hydrogen-bond donors (Lipinski definition) is 0. The molecular weight excluding hydrogens is 326 g/mol. The molecule has 0 N–H and O–H groups in total. The number of ketones is 1. The van der Waals surface area contributed by atoms with Crippen molar-refractivity contribution in [2.24, 2.45) is 0 Å². The topological polar surface area (TPSA) is 47.4 Å². The van der Waals surface area contributed by atoms with Crippen LogP contribution >= 0.6 is 0 Å².